The lowest BCUT2D eigenvalue weighted by molar-refractivity contribution is 0.131. The standard InChI is InChI=1S/C27H29FN2O2/c1-3-30(27(31)32-24-15-9-20(2)10-16-24)26-19-29(17-21-7-5-4-6-8-21)18-25(26)22-11-13-23(28)14-12-22/h4-16,25-26H,3,17-19H2,1-2H3. The number of aryl methyl sites for hydroxylation is 1. The van der Waals surface area contributed by atoms with E-state index in [0.717, 1.165) is 30.8 Å². The van der Waals surface area contributed by atoms with E-state index in [1.807, 2.05) is 68.4 Å². The number of hydrogen-bond acceptors (Lipinski definition) is 3. The number of hydrogen-bond donors (Lipinski definition) is 0. The van der Waals surface area contributed by atoms with Gasteiger partial charge in [0.05, 0.1) is 6.04 Å². The monoisotopic (exact) mass is 432 g/mol. The summed E-state index contributed by atoms with van der Waals surface area (Å²) in [5.74, 6) is 0.358. The van der Waals surface area contributed by atoms with Crippen LogP contribution >= 0.6 is 0 Å². The lowest BCUT2D eigenvalue weighted by Gasteiger charge is -2.31. The van der Waals surface area contributed by atoms with Gasteiger partial charge in [-0.3, -0.25) is 4.90 Å². The molecule has 4 rings (SSSR count). The number of likely N-dealkylation sites (tertiary alicyclic amines) is 1. The maximum absolute atomic E-state index is 13.6. The molecule has 5 heteroatoms. The molecule has 1 heterocycles. The average molecular weight is 433 g/mol. The third-order valence-electron chi connectivity index (χ3n) is 6.11. The highest BCUT2D eigenvalue weighted by atomic mass is 19.1. The van der Waals surface area contributed by atoms with Crippen LogP contribution in [0.2, 0.25) is 0 Å². The fourth-order valence-corrected chi connectivity index (χ4v) is 4.45. The molecule has 0 N–H and O–H groups in total. The van der Waals surface area contributed by atoms with Crippen LogP contribution in [0.3, 0.4) is 0 Å². The lowest BCUT2D eigenvalue weighted by Crippen LogP contribution is -2.45. The number of likely N-dealkylation sites (N-methyl/N-ethyl adjacent to an activating group) is 1. The number of ether oxygens (including phenoxy) is 1. The van der Waals surface area contributed by atoms with Gasteiger partial charge in [-0.1, -0.05) is 60.2 Å². The molecule has 0 spiro atoms. The fourth-order valence-electron chi connectivity index (χ4n) is 4.45. The molecule has 1 aliphatic rings. The molecule has 3 aromatic carbocycles. The molecule has 0 radical (unpaired) electrons. The van der Waals surface area contributed by atoms with E-state index in [4.69, 9.17) is 4.74 Å². The Morgan fingerprint density at radius 3 is 2.34 bits per heavy atom. The Labute approximate surface area is 189 Å². The van der Waals surface area contributed by atoms with Crippen LogP contribution in [0.5, 0.6) is 5.75 Å². The van der Waals surface area contributed by atoms with E-state index >= 15 is 0 Å². The summed E-state index contributed by atoms with van der Waals surface area (Å²) < 4.78 is 19.3. The Morgan fingerprint density at radius 1 is 1.00 bits per heavy atom. The van der Waals surface area contributed by atoms with Crippen LogP contribution in [0.4, 0.5) is 9.18 Å². The normalized spacial score (nSPS) is 18.5. The molecule has 0 aromatic heterocycles. The van der Waals surface area contributed by atoms with Crippen molar-refractivity contribution in [3.05, 3.63) is 101 Å². The molecule has 1 aliphatic heterocycles. The molecule has 4 nitrogen and oxygen atoms in total. The van der Waals surface area contributed by atoms with Crippen molar-refractivity contribution in [2.75, 3.05) is 19.6 Å². The predicted octanol–water partition coefficient (Wildman–Crippen LogP) is 5.62. The highest BCUT2D eigenvalue weighted by Crippen LogP contribution is 2.33. The van der Waals surface area contributed by atoms with Crippen molar-refractivity contribution < 1.29 is 13.9 Å². The summed E-state index contributed by atoms with van der Waals surface area (Å²) in [5.41, 5.74) is 3.38. The highest BCUT2D eigenvalue weighted by Gasteiger charge is 2.39. The molecule has 0 aliphatic carbocycles. The van der Waals surface area contributed by atoms with Crippen LogP contribution in [0.1, 0.15) is 29.5 Å². The second-order valence-corrected chi connectivity index (χ2v) is 8.37. The Hall–Kier alpha value is -3.18. The van der Waals surface area contributed by atoms with Gasteiger partial charge in [0.15, 0.2) is 0 Å². The van der Waals surface area contributed by atoms with Gasteiger partial charge in [0, 0.05) is 32.1 Å². The zero-order chi connectivity index (χ0) is 22.5. The molecule has 1 saturated heterocycles. The van der Waals surface area contributed by atoms with Gasteiger partial charge in [-0.2, -0.15) is 0 Å². The summed E-state index contributed by atoms with van der Waals surface area (Å²) in [7, 11) is 0. The van der Waals surface area contributed by atoms with Gasteiger partial charge >= 0.3 is 6.09 Å². The average Bonchev–Trinajstić information content (AvgIpc) is 3.20. The van der Waals surface area contributed by atoms with Crippen LogP contribution in [0, 0.1) is 12.7 Å². The maximum Gasteiger partial charge on any atom is 0.415 e. The quantitative estimate of drug-likeness (QED) is 0.507. The number of benzene rings is 3. The van der Waals surface area contributed by atoms with Gasteiger partial charge in [-0.05, 0) is 49.2 Å². The van der Waals surface area contributed by atoms with Gasteiger partial charge in [0.25, 0.3) is 0 Å². The van der Waals surface area contributed by atoms with E-state index in [1.165, 1.54) is 17.7 Å². The van der Waals surface area contributed by atoms with E-state index < -0.39 is 0 Å². The number of nitrogens with zero attached hydrogens (tertiary/aromatic N) is 2. The molecule has 166 valence electrons. The second kappa shape index (κ2) is 9.96. The van der Waals surface area contributed by atoms with Crippen molar-refractivity contribution in [3.8, 4) is 5.75 Å². The third kappa shape index (κ3) is 5.17. The Bertz CT molecular complexity index is 1020. The van der Waals surface area contributed by atoms with Crippen molar-refractivity contribution in [1.82, 2.24) is 9.80 Å². The van der Waals surface area contributed by atoms with Crippen LogP contribution in [0.25, 0.3) is 0 Å². The first-order valence-corrected chi connectivity index (χ1v) is 11.1. The molecule has 32 heavy (non-hydrogen) atoms. The van der Waals surface area contributed by atoms with Gasteiger partial charge in [0.2, 0.25) is 0 Å². The van der Waals surface area contributed by atoms with E-state index in [2.05, 4.69) is 17.0 Å². The van der Waals surface area contributed by atoms with Crippen molar-refractivity contribution in [2.45, 2.75) is 32.4 Å². The first-order chi connectivity index (χ1) is 15.5. The summed E-state index contributed by atoms with van der Waals surface area (Å²) >= 11 is 0. The summed E-state index contributed by atoms with van der Waals surface area (Å²) in [5, 5.41) is 0. The van der Waals surface area contributed by atoms with Gasteiger partial charge in [-0.15, -0.1) is 0 Å². The van der Waals surface area contributed by atoms with Crippen molar-refractivity contribution >= 4 is 6.09 Å². The molecule has 2 atom stereocenters. The smallest absolute Gasteiger partial charge is 0.410 e. The number of carbonyl (C=O) groups excluding carboxylic acids is 1. The van der Waals surface area contributed by atoms with Gasteiger partial charge in [-0.25, -0.2) is 9.18 Å². The molecule has 3 aromatic rings. The second-order valence-electron chi connectivity index (χ2n) is 8.37. The molecule has 2 unspecified atom stereocenters. The summed E-state index contributed by atoms with van der Waals surface area (Å²) in [4.78, 5) is 17.3. The summed E-state index contributed by atoms with van der Waals surface area (Å²) in [6.07, 6.45) is -0.352. The Kier molecular flexibility index (Phi) is 6.86. The Balaban J connectivity index is 1.56. The van der Waals surface area contributed by atoms with Gasteiger partial charge < -0.3 is 9.64 Å². The minimum Gasteiger partial charge on any atom is -0.410 e. The number of amides is 1. The third-order valence-corrected chi connectivity index (χ3v) is 6.11. The zero-order valence-corrected chi connectivity index (χ0v) is 18.6. The SMILES string of the molecule is CCN(C(=O)Oc1ccc(C)cc1)C1CN(Cc2ccccc2)CC1c1ccc(F)cc1. The van der Waals surface area contributed by atoms with Gasteiger partial charge in [0.1, 0.15) is 11.6 Å². The first-order valence-electron chi connectivity index (χ1n) is 11.1. The van der Waals surface area contributed by atoms with Crippen LogP contribution < -0.4 is 4.74 Å². The zero-order valence-electron chi connectivity index (χ0n) is 18.6. The summed E-state index contributed by atoms with van der Waals surface area (Å²) in [6.45, 7) is 6.83. The molecule has 0 bridgehead atoms. The minimum atomic E-state index is -0.352. The molecule has 1 fully saturated rings. The van der Waals surface area contributed by atoms with Crippen molar-refractivity contribution in [3.63, 3.8) is 0 Å². The van der Waals surface area contributed by atoms with E-state index in [9.17, 15) is 9.18 Å². The Morgan fingerprint density at radius 2 is 1.69 bits per heavy atom. The van der Waals surface area contributed by atoms with E-state index in [1.54, 1.807) is 4.90 Å². The molecular weight excluding hydrogens is 403 g/mol. The van der Waals surface area contributed by atoms with Crippen LogP contribution in [-0.4, -0.2) is 41.6 Å². The van der Waals surface area contributed by atoms with Crippen LogP contribution in [0.15, 0.2) is 78.9 Å². The van der Waals surface area contributed by atoms with Crippen molar-refractivity contribution in [1.29, 1.82) is 0 Å². The topological polar surface area (TPSA) is 32.8 Å². The fraction of sp³-hybridized carbons (Fsp3) is 0.296. The number of halogens is 1. The molecular formula is C27H29FN2O2. The first kappa shape index (κ1) is 22.0. The van der Waals surface area contributed by atoms with Crippen molar-refractivity contribution in [2.24, 2.45) is 0 Å². The van der Waals surface area contributed by atoms with E-state index in [-0.39, 0.29) is 23.9 Å². The highest BCUT2D eigenvalue weighted by molar-refractivity contribution is 5.71. The lowest BCUT2D eigenvalue weighted by atomic mass is 9.93. The number of carbonyl (C=O) groups is 1. The predicted molar refractivity (Wildman–Crippen MR) is 124 cm³/mol. The largest absolute Gasteiger partial charge is 0.415 e. The maximum atomic E-state index is 13.6. The molecule has 1 amide bonds. The molecule has 0 saturated carbocycles. The van der Waals surface area contributed by atoms with E-state index in [0.29, 0.717) is 12.3 Å². The van der Waals surface area contributed by atoms with Crippen LogP contribution in [-0.2, 0) is 6.54 Å². The summed E-state index contributed by atoms with van der Waals surface area (Å²) in [6, 6.07) is 24.4. The minimum absolute atomic E-state index is 0.0629. The number of rotatable bonds is 6.